The first-order chi connectivity index (χ1) is 12.9. The van der Waals surface area contributed by atoms with E-state index >= 15 is 0 Å². The van der Waals surface area contributed by atoms with Crippen LogP contribution in [0.25, 0.3) is 11.1 Å². The minimum absolute atomic E-state index is 0.0660. The van der Waals surface area contributed by atoms with Gasteiger partial charge in [0.1, 0.15) is 11.6 Å². The number of nitrogen functional groups attached to an aromatic ring is 1. The van der Waals surface area contributed by atoms with Gasteiger partial charge in [-0.3, -0.25) is 9.36 Å². The molecule has 0 radical (unpaired) electrons. The summed E-state index contributed by atoms with van der Waals surface area (Å²) in [5.74, 6) is 0.127. The topological polar surface area (TPSA) is 73.4 Å². The van der Waals surface area contributed by atoms with Gasteiger partial charge in [-0.1, -0.05) is 18.2 Å². The zero-order valence-electron chi connectivity index (χ0n) is 15.7. The summed E-state index contributed by atoms with van der Waals surface area (Å²) >= 11 is 0. The summed E-state index contributed by atoms with van der Waals surface area (Å²) in [5, 5.41) is 0. The van der Waals surface area contributed by atoms with E-state index in [4.69, 9.17) is 10.5 Å². The van der Waals surface area contributed by atoms with E-state index in [1.807, 2.05) is 0 Å². The fourth-order valence-corrected chi connectivity index (χ4v) is 4.38. The van der Waals surface area contributed by atoms with Crippen LogP contribution < -0.4 is 16.2 Å². The highest BCUT2D eigenvalue weighted by molar-refractivity contribution is 5.74. The van der Waals surface area contributed by atoms with Crippen molar-refractivity contribution < 1.29 is 9.13 Å². The Kier molecular flexibility index (Phi) is 4.42. The van der Waals surface area contributed by atoms with E-state index in [1.165, 1.54) is 10.6 Å². The summed E-state index contributed by atoms with van der Waals surface area (Å²) in [7, 11) is 1.67. The van der Waals surface area contributed by atoms with Crippen molar-refractivity contribution in [2.75, 3.05) is 30.3 Å². The number of ether oxygens (including phenoxy) is 1. The van der Waals surface area contributed by atoms with Gasteiger partial charge in [0.2, 0.25) is 5.95 Å². The molecule has 2 aliphatic rings. The molecular formula is C20H25FN4O2. The van der Waals surface area contributed by atoms with Crippen molar-refractivity contribution >= 4 is 11.8 Å². The highest BCUT2D eigenvalue weighted by Crippen LogP contribution is 2.42. The maximum absolute atomic E-state index is 14.2. The molecule has 1 aromatic heterocycles. The molecule has 2 fully saturated rings. The fourth-order valence-electron chi connectivity index (χ4n) is 4.38. The Hall–Kier alpha value is -2.41. The lowest BCUT2D eigenvalue weighted by Crippen LogP contribution is -2.43. The van der Waals surface area contributed by atoms with Gasteiger partial charge < -0.3 is 15.4 Å². The molecule has 4 rings (SSSR count). The molecule has 3 heterocycles. The number of benzene rings is 1. The predicted octanol–water partition coefficient (Wildman–Crippen LogP) is 2.56. The van der Waals surface area contributed by atoms with E-state index < -0.39 is 5.82 Å². The smallest absolute Gasteiger partial charge is 0.264 e. The standard InChI is InChI=1S/C20H25FN4O2/c1-13-11-20(12-27-13)7-9-25(10-8-20)19-23-17(22)16(18(26)24(19)2)14-5-3-4-6-15(14)21/h3-6,13H,7-12,22H2,1-2H3/t13-/m0/s1. The third-order valence-corrected chi connectivity index (χ3v) is 5.94. The second-order valence-corrected chi connectivity index (χ2v) is 7.83. The quantitative estimate of drug-likeness (QED) is 0.877. The molecule has 1 spiro atoms. The molecule has 1 aromatic carbocycles. The molecule has 7 heteroatoms. The molecule has 6 nitrogen and oxygen atoms in total. The average molecular weight is 372 g/mol. The molecule has 144 valence electrons. The molecule has 0 bridgehead atoms. The molecule has 2 saturated heterocycles. The Morgan fingerprint density at radius 1 is 1.30 bits per heavy atom. The van der Waals surface area contributed by atoms with Gasteiger partial charge in [0.05, 0.1) is 18.3 Å². The van der Waals surface area contributed by atoms with E-state index in [9.17, 15) is 9.18 Å². The monoisotopic (exact) mass is 372 g/mol. The molecule has 0 saturated carbocycles. The van der Waals surface area contributed by atoms with Gasteiger partial charge in [-0.2, -0.15) is 4.98 Å². The van der Waals surface area contributed by atoms with Crippen molar-refractivity contribution in [3.63, 3.8) is 0 Å². The Balaban J connectivity index is 1.64. The largest absolute Gasteiger partial charge is 0.383 e. The van der Waals surface area contributed by atoms with Crippen LogP contribution in [0.2, 0.25) is 0 Å². The van der Waals surface area contributed by atoms with Gasteiger partial charge in [0.25, 0.3) is 5.56 Å². The number of hydrogen-bond acceptors (Lipinski definition) is 5. The first-order valence-electron chi connectivity index (χ1n) is 9.38. The van der Waals surface area contributed by atoms with E-state index in [-0.39, 0.29) is 27.9 Å². The Labute approximate surface area is 157 Å². The zero-order valence-corrected chi connectivity index (χ0v) is 15.7. The normalized spacial score (nSPS) is 21.7. The number of hydrogen-bond donors (Lipinski definition) is 1. The third-order valence-electron chi connectivity index (χ3n) is 5.94. The van der Waals surface area contributed by atoms with Gasteiger partial charge >= 0.3 is 0 Å². The maximum Gasteiger partial charge on any atom is 0.264 e. The Morgan fingerprint density at radius 3 is 2.63 bits per heavy atom. The molecule has 0 aliphatic carbocycles. The van der Waals surface area contributed by atoms with Crippen molar-refractivity contribution in [2.24, 2.45) is 12.5 Å². The maximum atomic E-state index is 14.2. The van der Waals surface area contributed by atoms with E-state index in [0.717, 1.165) is 39.0 Å². The van der Waals surface area contributed by atoms with Crippen molar-refractivity contribution in [3.05, 3.63) is 40.4 Å². The predicted molar refractivity (Wildman–Crippen MR) is 103 cm³/mol. The average Bonchev–Trinajstić information content (AvgIpc) is 3.01. The molecule has 1 atom stereocenters. The second-order valence-electron chi connectivity index (χ2n) is 7.83. The van der Waals surface area contributed by atoms with Crippen LogP contribution in [0.15, 0.2) is 29.1 Å². The van der Waals surface area contributed by atoms with Crippen LogP contribution in [0.3, 0.4) is 0 Å². The molecule has 2 N–H and O–H groups in total. The minimum atomic E-state index is -0.480. The van der Waals surface area contributed by atoms with Crippen molar-refractivity contribution in [1.82, 2.24) is 9.55 Å². The number of rotatable bonds is 2. The van der Waals surface area contributed by atoms with Crippen LogP contribution >= 0.6 is 0 Å². The van der Waals surface area contributed by atoms with Gasteiger partial charge in [-0.05, 0) is 37.7 Å². The number of piperidine rings is 1. The lowest BCUT2D eigenvalue weighted by molar-refractivity contribution is 0.0974. The first-order valence-corrected chi connectivity index (χ1v) is 9.38. The molecule has 27 heavy (non-hydrogen) atoms. The number of anilines is 2. The number of nitrogens with zero attached hydrogens (tertiary/aromatic N) is 3. The zero-order chi connectivity index (χ0) is 19.2. The van der Waals surface area contributed by atoms with Crippen molar-refractivity contribution in [1.29, 1.82) is 0 Å². The second kappa shape index (κ2) is 6.64. The van der Waals surface area contributed by atoms with Crippen LogP contribution in [0.1, 0.15) is 26.2 Å². The summed E-state index contributed by atoms with van der Waals surface area (Å²) in [6.07, 6.45) is 3.40. The fraction of sp³-hybridized carbons (Fsp3) is 0.500. The van der Waals surface area contributed by atoms with Crippen LogP contribution in [0.5, 0.6) is 0 Å². The van der Waals surface area contributed by atoms with Crippen molar-refractivity contribution in [2.45, 2.75) is 32.3 Å². The summed E-state index contributed by atoms with van der Waals surface area (Å²) in [5.41, 5.74) is 6.31. The summed E-state index contributed by atoms with van der Waals surface area (Å²) in [6, 6.07) is 6.13. The van der Waals surface area contributed by atoms with Gasteiger partial charge in [0, 0.05) is 25.7 Å². The molecule has 2 aromatic rings. The highest BCUT2D eigenvalue weighted by atomic mass is 19.1. The van der Waals surface area contributed by atoms with Crippen LogP contribution in [-0.2, 0) is 11.8 Å². The van der Waals surface area contributed by atoms with E-state index in [2.05, 4.69) is 16.8 Å². The molecule has 0 unspecified atom stereocenters. The number of aromatic nitrogens is 2. The highest BCUT2D eigenvalue weighted by Gasteiger charge is 2.41. The number of halogens is 1. The lowest BCUT2D eigenvalue weighted by Gasteiger charge is -2.39. The van der Waals surface area contributed by atoms with Crippen LogP contribution in [0, 0.1) is 11.2 Å². The Morgan fingerprint density at radius 2 is 2.00 bits per heavy atom. The van der Waals surface area contributed by atoms with E-state index in [0.29, 0.717) is 12.1 Å². The van der Waals surface area contributed by atoms with Crippen molar-refractivity contribution in [3.8, 4) is 11.1 Å². The van der Waals surface area contributed by atoms with Gasteiger partial charge in [-0.15, -0.1) is 0 Å². The summed E-state index contributed by atoms with van der Waals surface area (Å²) < 4.78 is 21.4. The lowest BCUT2D eigenvalue weighted by atomic mass is 9.77. The number of nitrogens with two attached hydrogens (primary N) is 1. The molecule has 0 amide bonds. The van der Waals surface area contributed by atoms with Gasteiger partial charge in [0.15, 0.2) is 0 Å². The Bertz CT molecular complexity index is 919. The summed E-state index contributed by atoms with van der Waals surface area (Å²) in [4.78, 5) is 19.5. The van der Waals surface area contributed by atoms with E-state index in [1.54, 1.807) is 25.2 Å². The van der Waals surface area contributed by atoms with Gasteiger partial charge in [-0.25, -0.2) is 4.39 Å². The summed E-state index contributed by atoms with van der Waals surface area (Å²) in [6.45, 7) is 4.53. The SMILES string of the molecule is C[C@H]1CC2(CCN(c3nc(N)c(-c4ccccc4F)c(=O)n3C)CC2)CO1. The molecular weight excluding hydrogens is 347 g/mol. The van der Waals surface area contributed by atoms with Crippen LogP contribution in [0.4, 0.5) is 16.2 Å². The van der Waals surface area contributed by atoms with Crippen LogP contribution in [-0.4, -0.2) is 35.4 Å². The first kappa shape index (κ1) is 18.0. The molecule has 2 aliphatic heterocycles. The minimum Gasteiger partial charge on any atom is -0.383 e. The third kappa shape index (κ3) is 3.10.